The molecule has 4 heteroatoms. The van der Waals surface area contributed by atoms with Gasteiger partial charge in [-0.05, 0) is 51.5 Å². The van der Waals surface area contributed by atoms with Crippen molar-refractivity contribution >= 4 is 5.91 Å². The lowest BCUT2D eigenvalue weighted by atomic mass is 9.89. The Kier molecular flexibility index (Phi) is 6.49. The smallest absolute Gasteiger partial charge is 0.228 e. The largest absolute Gasteiger partial charge is 0.377 e. The van der Waals surface area contributed by atoms with Crippen LogP contribution in [0, 0.1) is 5.92 Å². The van der Waals surface area contributed by atoms with E-state index in [4.69, 9.17) is 4.74 Å². The first-order chi connectivity index (χ1) is 10.2. The summed E-state index contributed by atoms with van der Waals surface area (Å²) in [6.45, 7) is 6.18. The molecule has 21 heavy (non-hydrogen) atoms. The van der Waals surface area contributed by atoms with E-state index in [1.165, 1.54) is 19.3 Å². The van der Waals surface area contributed by atoms with Gasteiger partial charge in [-0.3, -0.25) is 4.79 Å². The minimum absolute atomic E-state index is 0.0935. The van der Waals surface area contributed by atoms with Crippen LogP contribution in [0.5, 0.6) is 0 Å². The fraction of sp³-hybridized carbons (Fsp3) is 0.941. The summed E-state index contributed by atoms with van der Waals surface area (Å²) in [5.41, 5.74) is 0. The summed E-state index contributed by atoms with van der Waals surface area (Å²) in [6, 6.07) is 1.08. The van der Waals surface area contributed by atoms with Crippen molar-refractivity contribution in [1.29, 1.82) is 0 Å². The maximum Gasteiger partial charge on any atom is 0.228 e. The van der Waals surface area contributed by atoms with Crippen molar-refractivity contribution < 1.29 is 9.53 Å². The minimum Gasteiger partial charge on any atom is -0.377 e. The zero-order valence-corrected chi connectivity index (χ0v) is 13.9. The van der Waals surface area contributed by atoms with Crippen LogP contribution >= 0.6 is 0 Å². The molecule has 2 unspecified atom stereocenters. The van der Waals surface area contributed by atoms with Crippen LogP contribution in [0.25, 0.3) is 0 Å². The zero-order valence-electron chi connectivity index (χ0n) is 13.9. The van der Waals surface area contributed by atoms with Gasteiger partial charge < -0.3 is 15.0 Å². The van der Waals surface area contributed by atoms with Crippen LogP contribution in [0.2, 0.25) is 0 Å². The van der Waals surface area contributed by atoms with E-state index in [0.29, 0.717) is 18.0 Å². The van der Waals surface area contributed by atoms with Crippen LogP contribution in [0.3, 0.4) is 0 Å². The highest BCUT2D eigenvalue weighted by Gasteiger charge is 2.37. The molecule has 0 bridgehead atoms. The molecule has 2 fully saturated rings. The predicted octanol–water partition coefficient (Wildman–Crippen LogP) is 2.57. The third-order valence-electron chi connectivity index (χ3n) is 5.20. The van der Waals surface area contributed by atoms with E-state index in [9.17, 15) is 4.79 Å². The lowest BCUT2D eigenvalue weighted by Crippen LogP contribution is -2.46. The third-order valence-corrected chi connectivity index (χ3v) is 5.20. The van der Waals surface area contributed by atoms with Crippen molar-refractivity contribution in [2.24, 2.45) is 5.92 Å². The third kappa shape index (κ3) is 4.19. The Morgan fingerprint density at radius 3 is 2.52 bits per heavy atom. The van der Waals surface area contributed by atoms with Gasteiger partial charge in [0.15, 0.2) is 0 Å². The fourth-order valence-corrected chi connectivity index (χ4v) is 3.79. The fourth-order valence-electron chi connectivity index (χ4n) is 3.79. The summed E-state index contributed by atoms with van der Waals surface area (Å²) >= 11 is 0. The summed E-state index contributed by atoms with van der Waals surface area (Å²) in [7, 11) is 2.00. The number of hydrogen-bond acceptors (Lipinski definition) is 3. The molecular weight excluding hydrogens is 264 g/mol. The summed E-state index contributed by atoms with van der Waals surface area (Å²) in [5, 5.41) is 3.61. The molecule has 0 radical (unpaired) electrons. The summed E-state index contributed by atoms with van der Waals surface area (Å²) in [5.74, 6) is 0.403. The molecule has 2 rings (SSSR count). The van der Waals surface area contributed by atoms with Crippen LogP contribution in [-0.2, 0) is 9.53 Å². The van der Waals surface area contributed by atoms with E-state index in [1.807, 2.05) is 11.9 Å². The molecule has 1 saturated heterocycles. The van der Waals surface area contributed by atoms with Gasteiger partial charge in [-0.2, -0.15) is 0 Å². The van der Waals surface area contributed by atoms with Crippen molar-refractivity contribution in [2.45, 2.75) is 77.0 Å². The minimum atomic E-state index is 0.0935. The molecule has 1 N–H and O–H groups in total. The number of ether oxygens (including phenoxy) is 1. The molecule has 0 aromatic rings. The van der Waals surface area contributed by atoms with Crippen LogP contribution < -0.4 is 5.32 Å². The Labute approximate surface area is 129 Å². The van der Waals surface area contributed by atoms with Gasteiger partial charge in [-0.1, -0.05) is 13.8 Å². The maximum atomic E-state index is 12.7. The summed E-state index contributed by atoms with van der Waals surface area (Å²) in [4.78, 5) is 14.7. The van der Waals surface area contributed by atoms with E-state index in [1.54, 1.807) is 0 Å². The number of hydrogen-bond donors (Lipinski definition) is 1. The summed E-state index contributed by atoms with van der Waals surface area (Å²) in [6.07, 6.45) is 7.83. The van der Waals surface area contributed by atoms with E-state index in [2.05, 4.69) is 19.2 Å². The van der Waals surface area contributed by atoms with Gasteiger partial charge >= 0.3 is 0 Å². The average Bonchev–Trinajstić information content (AvgIpc) is 3.00. The Bertz CT molecular complexity index is 327. The van der Waals surface area contributed by atoms with Gasteiger partial charge in [-0.25, -0.2) is 0 Å². The first-order valence-corrected chi connectivity index (χ1v) is 8.79. The highest BCUT2D eigenvalue weighted by molar-refractivity contribution is 5.79. The molecule has 1 amide bonds. The van der Waals surface area contributed by atoms with Crippen LogP contribution in [0.15, 0.2) is 0 Å². The van der Waals surface area contributed by atoms with E-state index in [0.717, 1.165) is 38.8 Å². The standard InChI is InChI=1S/C17H32N2O2/c1-4-11-18-13-6-8-14(9-7-13)19(3)17(20)15-10-12-21-16(15)5-2/h13-16,18H,4-12H2,1-3H3. The molecule has 0 aromatic heterocycles. The molecule has 2 atom stereocenters. The number of nitrogens with zero attached hydrogens (tertiary/aromatic N) is 1. The van der Waals surface area contributed by atoms with Gasteiger partial charge in [0.2, 0.25) is 5.91 Å². The van der Waals surface area contributed by atoms with E-state index < -0.39 is 0 Å². The van der Waals surface area contributed by atoms with Crippen LogP contribution in [0.1, 0.15) is 58.8 Å². The van der Waals surface area contributed by atoms with Crippen LogP contribution in [0.4, 0.5) is 0 Å². The molecule has 0 spiro atoms. The first kappa shape index (κ1) is 16.8. The Morgan fingerprint density at radius 2 is 1.90 bits per heavy atom. The van der Waals surface area contributed by atoms with Gasteiger partial charge in [0.25, 0.3) is 0 Å². The van der Waals surface area contributed by atoms with E-state index in [-0.39, 0.29) is 12.0 Å². The molecular formula is C17H32N2O2. The normalized spacial score (nSPS) is 33.1. The second kappa shape index (κ2) is 8.14. The predicted molar refractivity (Wildman–Crippen MR) is 85.2 cm³/mol. The van der Waals surface area contributed by atoms with Crippen molar-refractivity contribution in [3.8, 4) is 0 Å². The van der Waals surface area contributed by atoms with Gasteiger partial charge in [0, 0.05) is 25.7 Å². The zero-order chi connectivity index (χ0) is 15.2. The summed E-state index contributed by atoms with van der Waals surface area (Å²) < 4.78 is 5.68. The Balaban J connectivity index is 1.81. The van der Waals surface area contributed by atoms with Crippen molar-refractivity contribution in [3.63, 3.8) is 0 Å². The van der Waals surface area contributed by atoms with E-state index >= 15 is 0 Å². The van der Waals surface area contributed by atoms with Gasteiger partial charge in [0.1, 0.15) is 0 Å². The highest BCUT2D eigenvalue weighted by Crippen LogP contribution is 2.29. The molecule has 1 saturated carbocycles. The number of nitrogens with one attached hydrogen (secondary N) is 1. The molecule has 122 valence electrons. The lowest BCUT2D eigenvalue weighted by Gasteiger charge is -2.36. The van der Waals surface area contributed by atoms with Crippen molar-refractivity contribution in [2.75, 3.05) is 20.2 Å². The molecule has 2 aliphatic rings. The Hall–Kier alpha value is -0.610. The molecule has 4 nitrogen and oxygen atoms in total. The first-order valence-electron chi connectivity index (χ1n) is 8.79. The highest BCUT2D eigenvalue weighted by atomic mass is 16.5. The molecule has 1 heterocycles. The number of rotatable bonds is 6. The second-order valence-electron chi connectivity index (χ2n) is 6.62. The number of carbonyl (C=O) groups is 1. The number of amides is 1. The molecule has 0 aromatic carbocycles. The maximum absolute atomic E-state index is 12.7. The topological polar surface area (TPSA) is 41.6 Å². The molecule has 1 aliphatic heterocycles. The van der Waals surface area contributed by atoms with Crippen LogP contribution in [-0.4, -0.2) is 49.2 Å². The quantitative estimate of drug-likeness (QED) is 0.819. The van der Waals surface area contributed by atoms with Crippen molar-refractivity contribution in [1.82, 2.24) is 10.2 Å². The SMILES string of the molecule is CCCNC1CCC(N(C)C(=O)C2CCOC2CC)CC1. The average molecular weight is 296 g/mol. The van der Waals surface area contributed by atoms with Gasteiger partial charge in [-0.15, -0.1) is 0 Å². The van der Waals surface area contributed by atoms with Crippen molar-refractivity contribution in [3.05, 3.63) is 0 Å². The monoisotopic (exact) mass is 296 g/mol. The number of carbonyl (C=O) groups excluding carboxylic acids is 1. The second-order valence-corrected chi connectivity index (χ2v) is 6.62. The Morgan fingerprint density at radius 1 is 1.19 bits per heavy atom. The van der Waals surface area contributed by atoms with Gasteiger partial charge in [0.05, 0.1) is 12.0 Å². The molecule has 1 aliphatic carbocycles. The lowest BCUT2D eigenvalue weighted by molar-refractivity contribution is -0.138.